The molecule has 0 radical (unpaired) electrons. The molecule has 0 spiro atoms. The Kier molecular flexibility index (Phi) is 6.72. The lowest BCUT2D eigenvalue weighted by molar-refractivity contribution is -0.116. The molecule has 10 heteroatoms. The number of anilines is 3. The Bertz CT molecular complexity index is 1300. The molecule has 0 aliphatic carbocycles. The summed E-state index contributed by atoms with van der Waals surface area (Å²) < 4.78 is 34.5. The maximum atomic E-state index is 14.5. The number of hydrogen-bond donors (Lipinski definition) is 2. The Labute approximate surface area is 202 Å². The van der Waals surface area contributed by atoms with E-state index in [4.69, 9.17) is 4.74 Å². The van der Waals surface area contributed by atoms with Crippen molar-refractivity contribution in [2.24, 2.45) is 0 Å². The molecule has 0 bridgehead atoms. The van der Waals surface area contributed by atoms with Crippen LogP contribution < -0.4 is 20.3 Å². The van der Waals surface area contributed by atoms with Gasteiger partial charge in [0.15, 0.2) is 17.4 Å². The number of pyridine rings is 1. The third kappa shape index (κ3) is 4.68. The molecule has 0 saturated heterocycles. The van der Waals surface area contributed by atoms with Crippen molar-refractivity contribution in [3.63, 3.8) is 0 Å². The second-order valence-electron chi connectivity index (χ2n) is 8.48. The quantitative estimate of drug-likeness (QED) is 0.490. The third-order valence-electron chi connectivity index (χ3n) is 6.16. The fourth-order valence-electron chi connectivity index (χ4n) is 4.19. The Morgan fingerprint density at radius 1 is 1.34 bits per heavy atom. The van der Waals surface area contributed by atoms with Gasteiger partial charge >= 0.3 is 0 Å². The first-order valence-electron chi connectivity index (χ1n) is 11.2. The third-order valence-corrected chi connectivity index (χ3v) is 6.16. The highest BCUT2D eigenvalue weighted by molar-refractivity contribution is 6.06. The lowest BCUT2D eigenvalue weighted by atomic mass is 10.0. The van der Waals surface area contributed by atoms with E-state index in [1.165, 1.54) is 19.2 Å². The molecular weight excluding hydrogens is 454 g/mol. The number of likely N-dealkylation sites (N-methyl/N-ethyl adjacent to an activating group) is 1. The van der Waals surface area contributed by atoms with Crippen molar-refractivity contribution in [2.45, 2.75) is 39.9 Å². The molecule has 8 nitrogen and oxygen atoms in total. The van der Waals surface area contributed by atoms with E-state index in [-0.39, 0.29) is 24.1 Å². The highest BCUT2D eigenvalue weighted by Crippen LogP contribution is 2.36. The molecule has 1 atom stereocenters. The smallest absolute Gasteiger partial charge is 0.251 e. The summed E-state index contributed by atoms with van der Waals surface area (Å²) in [5.74, 6) is -1.31. The number of benzene rings is 1. The van der Waals surface area contributed by atoms with Crippen LogP contribution in [0.1, 0.15) is 30.7 Å². The molecule has 1 aliphatic heterocycles. The summed E-state index contributed by atoms with van der Waals surface area (Å²) in [7, 11) is 3.12. The molecule has 0 unspecified atom stereocenters. The SMILES string of the molecule is C/C=C(/C)[C@H]1C(=O)Nc2c(cc(NCc3cnn(Cc4ccc(F)c(OC)c4F)c3)nc2C)N1C. The summed E-state index contributed by atoms with van der Waals surface area (Å²) in [4.78, 5) is 19.2. The minimum atomic E-state index is -0.746. The number of nitrogens with zero attached hydrogens (tertiary/aromatic N) is 4. The van der Waals surface area contributed by atoms with E-state index in [1.807, 2.05) is 44.9 Å². The van der Waals surface area contributed by atoms with Gasteiger partial charge in [0.25, 0.3) is 5.91 Å². The number of aromatic nitrogens is 3. The van der Waals surface area contributed by atoms with Crippen molar-refractivity contribution >= 4 is 23.1 Å². The van der Waals surface area contributed by atoms with Gasteiger partial charge in [-0.1, -0.05) is 12.1 Å². The van der Waals surface area contributed by atoms with Crippen molar-refractivity contribution in [3.8, 4) is 5.75 Å². The molecule has 3 heterocycles. The Morgan fingerprint density at radius 3 is 2.83 bits per heavy atom. The van der Waals surface area contributed by atoms with Gasteiger partial charge in [-0.25, -0.2) is 13.8 Å². The highest BCUT2D eigenvalue weighted by Gasteiger charge is 2.33. The van der Waals surface area contributed by atoms with E-state index in [1.54, 1.807) is 17.1 Å². The van der Waals surface area contributed by atoms with Crippen LogP contribution in [-0.2, 0) is 17.9 Å². The minimum Gasteiger partial charge on any atom is -0.491 e. The zero-order chi connectivity index (χ0) is 25.3. The average Bonchev–Trinajstić information content (AvgIpc) is 3.28. The van der Waals surface area contributed by atoms with E-state index < -0.39 is 17.4 Å². The maximum absolute atomic E-state index is 14.5. The number of nitrogens with one attached hydrogen (secondary N) is 2. The molecule has 1 aliphatic rings. The number of carbonyl (C=O) groups excluding carboxylic acids is 1. The van der Waals surface area contributed by atoms with Crippen molar-refractivity contribution in [1.29, 1.82) is 0 Å². The molecule has 3 aromatic rings. The summed E-state index contributed by atoms with van der Waals surface area (Å²) in [5, 5.41) is 10.6. The summed E-state index contributed by atoms with van der Waals surface area (Å²) in [6.07, 6.45) is 5.39. The van der Waals surface area contributed by atoms with Crippen molar-refractivity contribution in [1.82, 2.24) is 14.8 Å². The number of ether oxygens (including phenoxy) is 1. The van der Waals surface area contributed by atoms with Crippen LogP contribution in [0.4, 0.5) is 26.0 Å². The fraction of sp³-hybridized carbons (Fsp3) is 0.320. The average molecular weight is 483 g/mol. The summed E-state index contributed by atoms with van der Waals surface area (Å²) in [6, 6.07) is 4.08. The molecule has 0 fully saturated rings. The van der Waals surface area contributed by atoms with Crippen LogP contribution in [-0.4, -0.2) is 40.9 Å². The number of rotatable bonds is 7. The van der Waals surface area contributed by atoms with Crippen LogP contribution >= 0.6 is 0 Å². The van der Waals surface area contributed by atoms with Gasteiger partial charge in [-0.15, -0.1) is 0 Å². The molecule has 1 amide bonds. The van der Waals surface area contributed by atoms with Crippen LogP contribution in [0, 0.1) is 18.6 Å². The minimum absolute atomic E-state index is 0.0798. The van der Waals surface area contributed by atoms with Gasteiger partial charge in [-0.2, -0.15) is 5.10 Å². The number of halogens is 2. The van der Waals surface area contributed by atoms with Crippen LogP contribution in [0.15, 0.2) is 42.2 Å². The van der Waals surface area contributed by atoms with Crippen LogP contribution in [0.5, 0.6) is 5.75 Å². The number of amides is 1. The monoisotopic (exact) mass is 482 g/mol. The number of carbonyl (C=O) groups is 1. The van der Waals surface area contributed by atoms with Gasteiger partial charge in [0, 0.05) is 37.0 Å². The molecule has 35 heavy (non-hydrogen) atoms. The number of hydrogen-bond acceptors (Lipinski definition) is 6. The highest BCUT2D eigenvalue weighted by atomic mass is 19.1. The number of aryl methyl sites for hydroxylation is 1. The van der Waals surface area contributed by atoms with E-state index in [0.717, 1.165) is 16.8 Å². The van der Waals surface area contributed by atoms with Crippen LogP contribution in [0.25, 0.3) is 0 Å². The first kappa shape index (κ1) is 24.2. The predicted octanol–water partition coefficient (Wildman–Crippen LogP) is 4.26. The van der Waals surface area contributed by atoms with Gasteiger partial charge in [0.2, 0.25) is 0 Å². The lowest BCUT2D eigenvalue weighted by Gasteiger charge is -2.36. The second kappa shape index (κ2) is 9.73. The molecule has 184 valence electrons. The van der Waals surface area contributed by atoms with Gasteiger partial charge < -0.3 is 20.3 Å². The molecule has 4 rings (SSSR count). The Hall–Kier alpha value is -3.95. The summed E-state index contributed by atoms with van der Waals surface area (Å²) >= 11 is 0. The van der Waals surface area contributed by atoms with Gasteiger partial charge in [-0.3, -0.25) is 9.48 Å². The Balaban J connectivity index is 1.49. The van der Waals surface area contributed by atoms with Crippen molar-refractivity contribution in [3.05, 3.63) is 70.7 Å². The summed E-state index contributed by atoms with van der Waals surface area (Å²) in [6.45, 7) is 6.27. The van der Waals surface area contributed by atoms with E-state index in [2.05, 4.69) is 20.7 Å². The van der Waals surface area contributed by atoms with Gasteiger partial charge in [-0.05, 0) is 32.4 Å². The zero-order valence-electron chi connectivity index (χ0n) is 20.3. The normalized spacial score (nSPS) is 15.6. The standard InChI is InChI=1S/C25H28F2N6O2/c1-6-14(2)23-25(34)31-22-15(3)30-20(9-19(22)32(23)4)28-10-16-11-29-33(12-16)13-17-7-8-18(26)24(35-5)21(17)27/h6-9,11-12,23H,10,13H2,1-5H3,(H,28,30)(H,31,34)/b14-6-/t23-/m0/s1. The summed E-state index contributed by atoms with van der Waals surface area (Å²) in [5.41, 5.74) is 4.38. The molecule has 2 aromatic heterocycles. The molecule has 1 aromatic carbocycles. The first-order chi connectivity index (χ1) is 16.7. The molecule has 0 saturated carbocycles. The number of methoxy groups -OCH3 is 1. The fourth-order valence-corrected chi connectivity index (χ4v) is 4.19. The van der Waals surface area contributed by atoms with Crippen molar-refractivity contribution < 1.29 is 18.3 Å². The first-order valence-corrected chi connectivity index (χ1v) is 11.2. The van der Waals surface area contributed by atoms with E-state index in [0.29, 0.717) is 23.7 Å². The largest absolute Gasteiger partial charge is 0.491 e. The van der Waals surface area contributed by atoms with Crippen molar-refractivity contribution in [2.75, 3.05) is 29.7 Å². The number of fused-ring (bicyclic) bond motifs is 1. The lowest BCUT2D eigenvalue weighted by Crippen LogP contribution is -2.47. The topological polar surface area (TPSA) is 84.3 Å². The van der Waals surface area contributed by atoms with Gasteiger partial charge in [0.1, 0.15) is 11.9 Å². The number of allylic oxidation sites excluding steroid dienone is 1. The predicted molar refractivity (Wildman–Crippen MR) is 131 cm³/mol. The van der Waals surface area contributed by atoms with E-state index >= 15 is 0 Å². The molecular formula is C25H28F2N6O2. The Morgan fingerprint density at radius 2 is 2.11 bits per heavy atom. The van der Waals surface area contributed by atoms with Crippen LogP contribution in [0.2, 0.25) is 0 Å². The second-order valence-corrected chi connectivity index (χ2v) is 8.48. The van der Waals surface area contributed by atoms with E-state index in [9.17, 15) is 13.6 Å². The molecule has 2 N–H and O–H groups in total. The zero-order valence-corrected chi connectivity index (χ0v) is 20.3. The maximum Gasteiger partial charge on any atom is 0.251 e. The van der Waals surface area contributed by atoms with Gasteiger partial charge in [0.05, 0.1) is 36.9 Å². The van der Waals surface area contributed by atoms with Crippen LogP contribution in [0.3, 0.4) is 0 Å².